The Kier molecular flexibility index (Phi) is 8.27. The Morgan fingerprint density at radius 2 is 1.62 bits per heavy atom. The van der Waals surface area contributed by atoms with Crippen molar-refractivity contribution in [1.29, 1.82) is 0 Å². The summed E-state index contributed by atoms with van der Waals surface area (Å²) in [7, 11) is 3.17. The topological polar surface area (TPSA) is 82.6 Å². The number of nitrogens with zero attached hydrogens (tertiary/aromatic N) is 1. The van der Waals surface area contributed by atoms with Crippen molar-refractivity contribution in [2.45, 2.75) is 39.3 Å². The van der Waals surface area contributed by atoms with Crippen LogP contribution >= 0.6 is 0 Å². The van der Waals surface area contributed by atoms with Gasteiger partial charge in [-0.3, -0.25) is 14.3 Å². The molecule has 7 heteroatoms. The number of aromatic nitrogens is 2. The van der Waals surface area contributed by atoms with Crippen molar-refractivity contribution in [3.8, 4) is 11.5 Å². The molecule has 0 amide bonds. The highest BCUT2D eigenvalue weighted by Crippen LogP contribution is 2.24. The van der Waals surface area contributed by atoms with E-state index >= 15 is 0 Å². The molecule has 2 aromatic carbocycles. The van der Waals surface area contributed by atoms with Gasteiger partial charge in [0.15, 0.2) is 0 Å². The molecule has 3 aromatic rings. The lowest BCUT2D eigenvalue weighted by Gasteiger charge is -2.17. The van der Waals surface area contributed by atoms with Crippen molar-refractivity contribution >= 4 is 0 Å². The van der Waals surface area contributed by atoms with Gasteiger partial charge < -0.3 is 14.2 Å². The van der Waals surface area contributed by atoms with Crippen LogP contribution in [0.2, 0.25) is 0 Å². The SMILES string of the molecule is CCc1c(Cc2cc(OC)cc(OC)c2)n(COCCCc2ccccc2)c(=O)[nH]c1=O. The van der Waals surface area contributed by atoms with E-state index in [0.29, 0.717) is 42.2 Å². The van der Waals surface area contributed by atoms with Crippen LogP contribution in [0.15, 0.2) is 58.1 Å². The highest BCUT2D eigenvalue weighted by molar-refractivity contribution is 5.40. The molecule has 0 aliphatic rings. The third-order valence-electron chi connectivity index (χ3n) is 5.37. The first kappa shape index (κ1) is 23.3. The number of benzene rings is 2. The van der Waals surface area contributed by atoms with Crippen LogP contribution in [0.25, 0.3) is 0 Å². The third kappa shape index (κ3) is 5.88. The van der Waals surface area contributed by atoms with Crippen molar-refractivity contribution in [3.05, 3.63) is 91.8 Å². The van der Waals surface area contributed by atoms with Crippen LogP contribution in [0, 0.1) is 0 Å². The van der Waals surface area contributed by atoms with E-state index in [1.165, 1.54) is 10.1 Å². The van der Waals surface area contributed by atoms with Gasteiger partial charge in [0.05, 0.1) is 14.2 Å². The van der Waals surface area contributed by atoms with Gasteiger partial charge in [0.25, 0.3) is 5.56 Å². The minimum Gasteiger partial charge on any atom is -0.497 e. The Labute approximate surface area is 187 Å². The molecular weight excluding hydrogens is 408 g/mol. The standard InChI is InChI=1S/C25H30N2O5/c1-4-22-23(15-19-13-20(30-2)16-21(14-19)31-3)27(25(29)26-24(22)28)17-32-12-8-11-18-9-6-5-7-10-18/h5-7,9-10,13-14,16H,4,8,11-12,15,17H2,1-3H3,(H,26,28,29). The minimum absolute atomic E-state index is 0.0772. The molecule has 0 saturated carbocycles. The lowest BCUT2D eigenvalue weighted by atomic mass is 10.0. The number of nitrogens with one attached hydrogen (secondary N) is 1. The Bertz CT molecular complexity index is 1110. The summed E-state index contributed by atoms with van der Waals surface area (Å²) < 4.78 is 18.0. The van der Waals surface area contributed by atoms with Gasteiger partial charge in [-0.2, -0.15) is 0 Å². The summed E-state index contributed by atoms with van der Waals surface area (Å²) in [5.41, 5.74) is 2.50. The van der Waals surface area contributed by atoms with Crippen LogP contribution in [0.1, 0.15) is 35.7 Å². The monoisotopic (exact) mass is 438 g/mol. The van der Waals surface area contributed by atoms with Gasteiger partial charge in [0.1, 0.15) is 18.2 Å². The number of hydrogen-bond acceptors (Lipinski definition) is 5. The first-order chi connectivity index (χ1) is 15.5. The Morgan fingerprint density at radius 1 is 0.938 bits per heavy atom. The molecule has 0 aliphatic heterocycles. The molecule has 0 atom stereocenters. The van der Waals surface area contributed by atoms with Crippen molar-refractivity contribution < 1.29 is 14.2 Å². The Hall–Kier alpha value is -3.32. The predicted octanol–water partition coefficient (Wildman–Crippen LogP) is 3.31. The molecule has 1 heterocycles. The number of methoxy groups -OCH3 is 2. The van der Waals surface area contributed by atoms with E-state index < -0.39 is 5.69 Å². The molecule has 0 unspecified atom stereocenters. The maximum atomic E-state index is 12.6. The fourth-order valence-corrected chi connectivity index (χ4v) is 3.70. The number of rotatable bonds is 11. The Morgan fingerprint density at radius 3 is 2.25 bits per heavy atom. The molecule has 0 spiro atoms. The normalized spacial score (nSPS) is 10.8. The van der Waals surface area contributed by atoms with Crippen LogP contribution in [-0.2, 0) is 30.7 Å². The smallest absolute Gasteiger partial charge is 0.330 e. The lowest BCUT2D eigenvalue weighted by molar-refractivity contribution is 0.0701. The molecular formula is C25H30N2O5. The zero-order valence-electron chi connectivity index (χ0n) is 18.8. The van der Waals surface area contributed by atoms with E-state index in [4.69, 9.17) is 14.2 Å². The maximum Gasteiger partial charge on any atom is 0.330 e. The lowest BCUT2D eigenvalue weighted by Crippen LogP contribution is -2.36. The highest BCUT2D eigenvalue weighted by atomic mass is 16.5. The van der Waals surface area contributed by atoms with E-state index in [9.17, 15) is 9.59 Å². The summed E-state index contributed by atoms with van der Waals surface area (Å²) in [5.74, 6) is 1.29. The van der Waals surface area contributed by atoms with Crippen molar-refractivity contribution in [1.82, 2.24) is 9.55 Å². The number of aromatic amines is 1. The molecule has 0 radical (unpaired) electrons. The van der Waals surface area contributed by atoms with E-state index in [2.05, 4.69) is 17.1 Å². The van der Waals surface area contributed by atoms with Gasteiger partial charge in [-0.05, 0) is 42.5 Å². The first-order valence-corrected chi connectivity index (χ1v) is 10.7. The number of ether oxygens (including phenoxy) is 3. The summed E-state index contributed by atoms with van der Waals surface area (Å²) in [4.78, 5) is 27.5. The fourth-order valence-electron chi connectivity index (χ4n) is 3.70. The molecule has 170 valence electrons. The summed E-state index contributed by atoms with van der Waals surface area (Å²) in [5, 5.41) is 0. The second kappa shape index (κ2) is 11.3. The molecule has 7 nitrogen and oxygen atoms in total. The zero-order chi connectivity index (χ0) is 22.9. The predicted molar refractivity (Wildman–Crippen MR) is 124 cm³/mol. The van der Waals surface area contributed by atoms with E-state index in [1.807, 2.05) is 37.3 Å². The summed E-state index contributed by atoms with van der Waals surface area (Å²) in [6, 6.07) is 15.7. The largest absolute Gasteiger partial charge is 0.497 e. The van der Waals surface area contributed by atoms with Gasteiger partial charge in [0, 0.05) is 30.4 Å². The molecule has 32 heavy (non-hydrogen) atoms. The number of H-pyrrole nitrogens is 1. The summed E-state index contributed by atoms with van der Waals surface area (Å²) in [6.45, 7) is 2.48. The molecule has 1 aromatic heterocycles. The molecule has 0 saturated heterocycles. The maximum absolute atomic E-state index is 12.6. The van der Waals surface area contributed by atoms with Gasteiger partial charge in [-0.15, -0.1) is 0 Å². The molecule has 1 N–H and O–H groups in total. The number of aryl methyl sites for hydroxylation is 1. The molecule has 0 bridgehead atoms. The van der Waals surface area contributed by atoms with Gasteiger partial charge in [0.2, 0.25) is 0 Å². The van der Waals surface area contributed by atoms with Crippen LogP contribution in [-0.4, -0.2) is 30.4 Å². The van der Waals surface area contributed by atoms with Crippen molar-refractivity contribution in [2.24, 2.45) is 0 Å². The molecule has 0 fully saturated rings. The quantitative estimate of drug-likeness (QED) is 0.465. The van der Waals surface area contributed by atoms with E-state index in [0.717, 1.165) is 18.4 Å². The van der Waals surface area contributed by atoms with Gasteiger partial charge in [-0.25, -0.2) is 4.79 Å². The first-order valence-electron chi connectivity index (χ1n) is 10.7. The van der Waals surface area contributed by atoms with Gasteiger partial charge >= 0.3 is 5.69 Å². The van der Waals surface area contributed by atoms with Crippen molar-refractivity contribution in [2.75, 3.05) is 20.8 Å². The van der Waals surface area contributed by atoms with E-state index in [-0.39, 0.29) is 12.3 Å². The second-order valence-electron chi connectivity index (χ2n) is 7.49. The third-order valence-corrected chi connectivity index (χ3v) is 5.37. The summed E-state index contributed by atoms with van der Waals surface area (Å²) in [6.07, 6.45) is 2.62. The van der Waals surface area contributed by atoms with Crippen LogP contribution < -0.4 is 20.7 Å². The minimum atomic E-state index is -0.472. The zero-order valence-corrected chi connectivity index (χ0v) is 18.8. The average Bonchev–Trinajstić information content (AvgIpc) is 2.81. The average molecular weight is 439 g/mol. The molecule has 0 aliphatic carbocycles. The van der Waals surface area contributed by atoms with Gasteiger partial charge in [-0.1, -0.05) is 37.3 Å². The second-order valence-corrected chi connectivity index (χ2v) is 7.49. The van der Waals surface area contributed by atoms with Crippen molar-refractivity contribution in [3.63, 3.8) is 0 Å². The Balaban J connectivity index is 1.80. The molecule has 3 rings (SSSR count). The summed E-state index contributed by atoms with van der Waals surface area (Å²) >= 11 is 0. The van der Waals surface area contributed by atoms with E-state index in [1.54, 1.807) is 20.3 Å². The highest BCUT2D eigenvalue weighted by Gasteiger charge is 2.15. The van der Waals surface area contributed by atoms with Crippen LogP contribution in [0.4, 0.5) is 0 Å². The van der Waals surface area contributed by atoms with Crippen LogP contribution in [0.3, 0.4) is 0 Å². The van der Waals surface area contributed by atoms with Crippen LogP contribution in [0.5, 0.6) is 11.5 Å². The number of hydrogen-bond donors (Lipinski definition) is 1. The fraction of sp³-hybridized carbons (Fsp3) is 0.360.